The van der Waals surface area contributed by atoms with E-state index >= 15 is 0 Å². The van der Waals surface area contributed by atoms with E-state index in [-0.39, 0.29) is 17.0 Å². The van der Waals surface area contributed by atoms with E-state index in [2.05, 4.69) is 38.0 Å². The molecule has 0 aliphatic carbocycles. The zero-order valence-electron chi connectivity index (χ0n) is 14.5. The largest absolute Gasteiger partial charge is 0.317 e. The Balaban J connectivity index is 2.86. The molecule has 118 valence electrons. The average molecular weight is 282 g/mol. The molecule has 1 saturated heterocycles. The second kappa shape index (κ2) is 6.57. The van der Waals surface area contributed by atoms with Gasteiger partial charge in [0.25, 0.3) is 0 Å². The first-order valence-electron chi connectivity index (χ1n) is 8.01. The number of piperidine rings is 1. The zero-order valence-corrected chi connectivity index (χ0v) is 14.5. The highest BCUT2D eigenvalue weighted by Gasteiger charge is 2.37. The molecule has 1 aliphatic rings. The summed E-state index contributed by atoms with van der Waals surface area (Å²) >= 11 is 0. The van der Waals surface area contributed by atoms with Crippen molar-refractivity contribution in [1.29, 1.82) is 0 Å². The Bertz CT molecular complexity index is 319. The van der Waals surface area contributed by atoms with Crippen molar-refractivity contribution in [1.82, 2.24) is 10.2 Å². The fraction of sp³-hybridized carbons (Fsp3) is 0.941. The normalized spacial score (nSPS) is 20.2. The average Bonchev–Trinajstić information content (AvgIpc) is 2.33. The van der Waals surface area contributed by atoms with Crippen LogP contribution in [0.2, 0.25) is 0 Å². The summed E-state index contributed by atoms with van der Waals surface area (Å²) in [6, 6.07) is 0.0399. The molecular formula is C17H34N2O. The van der Waals surface area contributed by atoms with Gasteiger partial charge in [-0.2, -0.15) is 0 Å². The van der Waals surface area contributed by atoms with Crippen LogP contribution < -0.4 is 5.32 Å². The molecule has 3 heteroatoms. The van der Waals surface area contributed by atoms with E-state index in [1.165, 1.54) is 12.8 Å². The van der Waals surface area contributed by atoms with E-state index in [4.69, 9.17) is 0 Å². The molecule has 1 fully saturated rings. The lowest BCUT2D eigenvalue weighted by Crippen LogP contribution is -2.52. The van der Waals surface area contributed by atoms with Crippen LogP contribution in [0.1, 0.15) is 60.8 Å². The van der Waals surface area contributed by atoms with Gasteiger partial charge in [-0.3, -0.25) is 9.69 Å². The van der Waals surface area contributed by atoms with Crippen molar-refractivity contribution in [2.75, 3.05) is 20.1 Å². The first-order chi connectivity index (χ1) is 9.03. The number of nitrogens with one attached hydrogen (secondary N) is 1. The lowest BCUT2D eigenvalue weighted by molar-refractivity contribution is -0.134. The molecule has 0 unspecified atom stereocenters. The summed E-state index contributed by atoms with van der Waals surface area (Å²) in [4.78, 5) is 15.1. The molecule has 1 N–H and O–H groups in total. The fourth-order valence-corrected chi connectivity index (χ4v) is 2.84. The zero-order chi connectivity index (χ0) is 15.6. The third kappa shape index (κ3) is 4.85. The fourth-order valence-electron chi connectivity index (χ4n) is 2.84. The van der Waals surface area contributed by atoms with Gasteiger partial charge in [0.15, 0.2) is 5.78 Å². The number of rotatable bonds is 4. The third-order valence-corrected chi connectivity index (χ3v) is 4.58. The van der Waals surface area contributed by atoms with Gasteiger partial charge < -0.3 is 5.32 Å². The quantitative estimate of drug-likeness (QED) is 0.860. The van der Waals surface area contributed by atoms with E-state index < -0.39 is 0 Å². The molecule has 0 aromatic carbocycles. The highest BCUT2D eigenvalue weighted by Crippen LogP contribution is 2.29. The van der Waals surface area contributed by atoms with Crippen molar-refractivity contribution in [2.24, 2.45) is 11.3 Å². The topological polar surface area (TPSA) is 32.3 Å². The first-order valence-corrected chi connectivity index (χ1v) is 8.01. The smallest absolute Gasteiger partial charge is 0.155 e. The molecule has 0 aromatic heterocycles. The van der Waals surface area contributed by atoms with Crippen LogP contribution in [0.25, 0.3) is 0 Å². The summed E-state index contributed by atoms with van der Waals surface area (Å²) in [6.07, 6.45) is 3.41. The molecule has 20 heavy (non-hydrogen) atoms. The summed E-state index contributed by atoms with van der Waals surface area (Å²) in [5.41, 5.74) is -0.240. The van der Waals surface area contributed by atoms with Gasteiger partial charge in [0, 0.05) is 11.0 Å². The maximum absolute atomic E-state index is 12.9. The predicted octanol–water partition coefficient (Wildman–Crippen LogP) is 3.09. The summed E-state index contributed by atoms with van der Waals surface area (Å²) in [7, 11) is 2.11. The van der Waals surface area contributed by atoms with Crippen LogP contribution in [-0.2, 0) is 4.79 Å². The highest BCUT2D eigenvalue weighted by molar-refractivity contribution is 5.88. The maximum Gasteiger partial charge on any atom is 0.155 e. The molecule has 0 amide bonds. The van der Waals surface area contributed by atoms with E-state index in [1.54, 1.807) is 0 Å². The molecule has 0 bridgehead atoms. The summed E-state index contributed by atoms with van der Waals surface area (Å²) in [5, 5.41) is 3.41. The Kier molecular flexibility index (Phi) is 5.79. The minimum Gasteiger partial charge on any atom is -0.317 e. The van der Waals surface area contributed by atoms with Gasteiger partial charge >= 0.3 is 0 Å². The highest BCUT2D eigenvalue weighted by atomic mass is 16.1. The van der Waals surface area contributed by atoms with Crippen molar-refractivity contribution < 1.29 is 4.79 Å². The van der Waals surface area contributed by atoms with Crippen molar-refractivity contribution in [3.63, 3.8) is 0 Å². The number of hydrogen-bond acceptors (Lipinski definition) is 3. The molecule has 0 radical (unpaired) electrons. The number of ketones is 1. The third-order valence-electron chi connectivity index (χ3n) is 4.58. The number of carbonyl (C=O) groups excluding carboxylic acids is 1. The Morgan fingerprint density at radius 3 is 2.05 bits per heavy atom. The van der Waals surface area contributed by atoms with Crippen LogP contribution >= 0.6 is 0 Å². The molecule has 1 rings (SSSR count). The number of hydrogen-bond donors (Lipinski definition) is 1. The van der Waals surface area contributed by atoms with E-state index in [0.717, 1.165) is 19.5 Å². The number of nitrogens with zero attached hydrogens (tertiary/aromatic N) is 1. The number of carbonyl (C=O) groups is 1. The van der Waals surface area contributed by atoms with Crippen molar-refractivity contribution in [2.45, 2.75) is 72.4 Å². The minimum absolute atomic E-state index is 0.0263. The Hall–Kier alpha value is -0.410. The maximum atomic E-state index is 12.9. The van der Waals surface area contributed by atoms with E-state index in [0.29, 0.717) is 11.7 Å². The van der Waals surface area contributed by atoms with Crippen LogP contribution in [0.4, 0.5) is 0 Å². The van der Waals surface area contributed by atoms with Gasteiger partial charge in [0.1, 0.15) is 0 Å². The van der Waals surface area contributed by atoms with Crippen molar-refractivity contribution in [3.8, 4) is 0 Å². The second-order valence-corrected chi connectivity index (χ2v) is 8.34. The van der Waals surface area contributed by atoms with Gasteiger partial charge in [-0.15, -0.1) is 0 Å². The van der Waals surface area contributed by atoms with E-state index in [9.17, 15) is 4.79 Å². The van der Waals surface area contributed by atoms with E-state index in [1.807, 2.05) is 20.8 Å². The molecule has 1 aliphatic heterocycles. The van der Waals surface area contributed by atoms with Gasteiger partial charge in [0.2, 0.25) is 0 Å². The summed E-state index contributed by atoms with van der Waals surface area (Å²) < 4.78 is 0. The minimum atomic E-state index is -0.267. The number of likely N-dealkylation sites (N-methyl/N-ethyl adjacent to an activating group) is 1. The second-order valence-electron chi connectivity index (χ2n) is 8.34. The molecule has 0 spiro atoms. The van der Waals surface area contributed by atoms with Gasteiger partial charge in [-0.1, -0.05) is 20.8 Å². The monoisotopic (exact) mass is 282 g/mol. The van der Waals surface area contributed by atoms with Crippen LogP contribution in [0.15, 0.2) is 0 Å². The van der Waals surface area contributed by atoms with Crippen LogP contribution in [0, 0.1) is 11.3 Å². The Labute approximate surface area is 125 Å². The predicted molar refractivity (Wildman–Crippen MR) is 86.0 cm³/mol. The van der Waals surface area contributed by atoms with Gasteiger partial charge in [0.05, 0.1) is 6.04 Å². The molecule has 0 aromatic rings. The molecule has 1 heterocycles. The SMILES string of the molecule is CN([C@@H](CC1CCNCC1)C(=O)C(C)(C)C)C(C)(C)C. The number of Topliss-reactive ketones (excluding diaryl/α,β-unsaturated/α-hetero) is 1. The Morgan fingerprint density at radius 1 is 1.15 bits per heavy atom. The molecular weight excluding hydrogens is 248 g/mol. The lowest BCUT2D eigenvalue weighted by atomic mass is 9.79. The van der Waals surface area contributed by atoms with Crippen molar-refractivity contribution >= 4 is 5.78 Å². The van der Waals surface area contributed by atoms with Crippen molar-refractivity contribution in [3.05, 3.63) is 0 Å². The van der Waals surface area contributed by atoms with Crippen LogP contribution in [0.5, 0.6) is 0 Å². The lowest BCUT2D eigenvalue weighted by Gasteiger charge is -2.42. The van der Waals surface area contributed by atoms with Gasteiger partial charge in [-0.25, -0.2) is 0 Å². The molecule has 3 nitrogen and oxygen atoms in total. The molecule has 1 atom stereocenters. The summed E-state index contributed by atoms with van der Waals surface area (Å²) in [5.74, 6) is 1.06. The summed E-state index contributed by atoms with van der Waals surface area (Å²) in [6.45, 7) is 14.9. The molecule has 0 saturated carbocycles. The first kappa shape index (κ1) is 17.6. The standard InChI is InChI=1S/C17H34N2O/c1-16(2,3)15(20)14(19(7)17(4,5)6)12-13-8-10-18-11-9-13/h13-14,18H,8-12H2,1-7H3/t14-/m0/s1. The Morgan fingerprint density at radius 2 is 1.65 bits per heavy atom. The van der Waals surface area contributed by atoms with Crippen LogP contribution in [0.3, 0.4) is 0 Å². The van der Waals surface area contributed by atoms with Crippen LogP contribution in [-0.4, -0.2) is 42.4 Å². The van der Waals surface area contributed by atoms with Gasteiger partial charge in [-0.05, 0) is 66.1 Å².